The van der Waals surface area contributed by atoms with Gasteiger partial charge in [-0.25, -0.2) is 0 Å². The zero-order valence-electron chi connectivity index (χ0n) is 9.34. The fraction of sp³-hybridized carbons (Fsp3) is 0.400. The van der Waals surface area contributed by atoms with Crippen molar-refractivity contribution in [3.63, 3.8) is 0 Å². The second-order valence-corrected chi connectivity index (χ2v) is 5.03. The van der Waals surface area contributed by atoms with E-state index < -0.39 is 11.0 Å². The maximum Gasteiger partial charge on any atom is 0.324 e. The summed E-state index contributed by atoms with van der Waals surface area (Å²) >= 11 is 1.07. The molecule has 1 unspecified atom stereocenters. The first-order valence-corrected chi connectivity index (χ1v) is 6.18. The summed E-state index contributed by atoms with van der Waals surface area (Å²) in [6, 6.07) is 2.68. The summed E-state index contributed by atoms with van der Waals surface area (Å²) in [4.78, 5) is 33.2. The van der Waals surface area contributed by atoms with E-state index >= 15 is 0 Å². The van der Waals surface area contributed by atoms with E-state index in [0.717, 1.165) is 16.2 Å². The smallest absolute Gasteiger partial charge is 0.301 e. The number of imide groups is 1. The number of carbonyl (C=O) groups excluding carboxylic acids is 2. The topological polar surface area (TPSA) is 101 Å². The maximum absolute atomic E-state index is 11.4. The van der Waals surface area contributed by atoms with Gasteiger partial charge in [-0.2, -0.15) is 0 Å². The third kappa shape index (κ3) is 2.90. The van der Waals surface area contributed by atoms with E-state index in [-0.39, 0.29) is 16.8 Å². The molecule has 0 aromatic carbocycles. The van der Waals surface area contributed by atoms with Crippen molar-refractivity contribution in [2.45, 2.75) is 25.4 Å². The highest BCUT2D eigenvalue weighted by Crippen LogP contribution is 2.23. The molecule has 0 aliphatic carbocycles. The Kier molecular flexibility index (Phi) is 3.68. The first-order chi connectivity index (χ1) is 8.56. The van der Waals surface area contributed by atoms with Gasteiger partial charge in [0.1, 0.15) is 0 Å². The molecule has 2 rings (SSSR count). The zero-order valence-corrected chi connectivity index (χ0v) is 10.2. The molecule has 1 saturated heterocycles. The molecule has 1 aliphatic rings. The Hall–Kier alpha value is -1.80. The van der Waals surface area contributed by atoms with Crippen LogP contribution >= 0.6 is 11.3 Å². The average molecular weight is 269 g/mol. The van der Waals surface area contributed by atoms with Crippen LogP contribution in [0.15, 0.2) is 12.1 Å². The van der Waals surface area contributed by atoms with Crippen molar-refractivity contribution >= 4 is 28.2 Å². The van der Waals surface area contributed by atoms with Crippen LogP contribution in [-0.4, -0.2) is 22.8 Å². The van der Waals surface area contributed by atoms with Crippen molar-refractivity contribution in [2.75, 3.05) is 0 Å². The van der Waals surface area contributed by atoms with Crippen molar-refractivity contribution < 1.29 is 14.5 Å². The van der Waals surface area contributed by atoms with E-state index in [1.807, 2.05) is 0 Å². The normalized spacial score (nSPS) is 19.7. The minimum absolute atomic E-state index is 0.0788. The van der Waals surface area contributed by atoms with E-state index in [1.54, 1.807) is 6.07 Å². The predicted octanol–water partition coefficient (Wildman–Crippen LogP) is 0.551. The number of hydrogen-bond donors (Lipinski definition) is 2. The van der Waals surface area contributed by atoms with Crippen LogP contribution in [0.5, 0.6) is 0 Å². The molecule has 0 radical (unpaired) electrons. The van der Waals surface area contributed by atoms with Crippen molar-refractivity contribution in [1.82, 2.24) is 10.6 Å². The largest absolute Gasteiger partial charge is 0.324 e. The summed E-state index contributed by atoms with van der Waals surface area (Å²) < 4.78 is 0. The molecular weight excluding hydrogens is 258 g/mol. The van der Waals surface area contributed by atoms with Gasteiger partial charge in [0.2, 0.25) is 11.8 Å². The Morgan fingerprint density at radius 1 is 1.50 bits per heavy atom. The van der Waals surface area contributed by atoms with E-state index in [1.165, 1.54) is 6.07 Å². The second kappa shape index (κ2) is 5.23. The number of nitro groups is 1. The van der Waals surface area contributed by atoms with Gasteiger partial charge in [-0.1, -0.05) is 11.3 Å². The molecule has 1 aliphatic heterocycles. The van der Waals surface area contributed by atoms with Gasteiger partial charge in [0, 0.05) is 23.9 Å². The Labute approximate surface area is 106 Å². The standard InChI is InChI=1S/C10H11N3O4S/c14-8-3-2-7(10(15)12-8)11-5-6-1-4-9(18-6)13(16)17/h1,4,7,11H,2-3,5H2,(H,12,14,15). The van der Waals surface area contributed by atoms with Gasteiger partial charge in [-0.15, -0.1) is 0 Å². The first kappa shape index (κ1) is 12.7. The molecule has 0 saturated carbocycles. The summed E-state index contributed by atoms with van der Waals surface area (Å²) in [5.74, 6) is -0.595. The van der Waals surface area contributed by atoms with Gasteiger partial charge in [0.05, 0.1) is 11.0 Å². The van der Waals surface area contributed by atoms with Gasteiger partial charge < -0.3 is 5.32 Å². The number of carbonyl (C=O) groups is 2. The van der Waals surface area contributed by atoms with Crippen LogP contribution in [0.4, 0.5) is 5.00 Å². The highest BCUT2D eigenvalue weighted by Gasteiger charge is 2.26. The molecular formula is C10H11N3O4S. The fourth-order valence-electron chi connectivity index (χ4n) is 1.67. The fourth-order valence-corrected chi connectivity index (χ4v) is 2.44. The predicted molar refractivity (Wildman–Crippen MR) is 64.0 cm³/mol. The molecule has 8 heteroatoms. The van der Waals surface area contributed by atoms with Gasteiger partial charge in [0.25, 0.3) is 0 Å². The molecule has 2 heterocycles. The minimum Gasteiger partial charge on any atom is -0.301 e. The molecule has 0 bridgehead atoms. The number of thiophene rings is 1. The molecule has 2 amide bonds. The maximum atomic E-state index is 11.4. The van der Waals surface area contributed by atoms with Crippen molar-refractivity contribution in [3.8, 4) is 0 Å². The number of piperidine rings is 1. The third-order valence-corrected chi connectivity index (χ3v) is 3.63. The molecule has 1 aromatic rings. The Morgan fingerprint density at radius 3 is 2.89 bits per heavy atom. The van der Waals surface area contributed by atoms with E-state index in [2.05, 4.69) is 10.6 Å². The highest BCUT2D eigenvalue weighted by atomic mass is 32.1. The number of rotatable bonds is 4. The summed E-state index contributed by atoms with van der Waals surface area (Å²) in [5, 5.41) is 15.8. The van der Waals surface area contributed by atoms with Crippen molar-refractivity contribution in [2.24, 2.45) is 0 Å². The van der Waals surface area contributed by atoms with Crippen molar-refractivity contribution in [1.29, 1.82) is 0 Å². The number of nitrogens with zero attached hydrogens (tertiary/aromatic N) is 1. The van der Waals surface area contributed by atoms with Crippen LogP contribution in [0.3, 0.4) is 0 Å². The highest BCUT2D eigenvalue weighted by molar-refractivity contribution is 7.15. The van der Waals surface area contributed by atoms with E-state index in [0.29, 0.717) is 19.4 Å². The number of hydrogen-bond acceptors (Lipinski definition) is 6. The van der Waals surface area contributed by atoms with Crippen LogP contribution in [0, 0.1) is 10.1 Å². The lowest BCUT2D eigenvalue weighted by Crippen LogP contribution is -2.50. The monoisotopic (exact) mass is 269 g/mol. The first-order valence-electron chi connectivity index (χ1n) is 5.36. The molecule has 1 fully saturated rings. The summed E-state index contributed by atoms with van der Waals surface area (Å²) in [5.41, 5.74) is 0. The Balaban J connectivity index is 1.89. The van der Waals surface area contributed by atoms with Gasteiger partial charge in [0.15, 0.2) is 0 Å². The van der Waals surface area contributed by atoms with Crippen LogP contribution in [0.1, 0.15) is 17.7 Å². The Morgan fingerprint density at radius 2 is 2.28 bits per heavy atom. The lowest BCUT2D eigenvalue weighted by molar-refractivity contribution is -0.380. The molecule has 2 N–H and O–H groups in total. The summed E-state index contributed by atoms with van der Waals surface area (Å²) in [6.07, 6.45) is 0.770. The van der Waals surface area contributed by atoms with Gasteiger partial charge >= 0.3 is 5.00 Å². The quantitative estimate of drug-likeness (QED) is 0.472. The number of nitrogens with one attached hydrogen (secondary N) is 2. The average Bonchev–Trinajstić information content (AvgIpc) is 2.76. The zero-order chi connectivity index (χ0) is 13.1. The lowest BCUT2D eigenvalue weighted by atomic mass is 10.1. The van der Waals surface area contributed by atoms with Crippen LogP contribution in [0.2, 0.25) is 0 Å². The molecule has 96 valence electrons. The van der Waals surface area contributed by atoms with E-state index in [9.17, 15) is 19.7 Å². The van der Waals surface area contributed by atoms with Crippen LogP contribution in [-0.2, 0) is 16.1 Å². The van der Waals surface area contributed by atoms with E-state index in [4.69, 9.17) is 0 Å². The summed E-state index contributed by atoms with van der Waals surface area (Å²) in [7, 11) is 0. The molecule has 1 atom stereocenters. The molecule has 18 heavy (non-hydrogen) atoms. The second-order valence-electron chi connectivity index (χ2n) is 3.88. The van der Waals surface area contributed by atoms with Gasteiger partial charge in [-0.3, -0.25) is 25.0 Å². The summed E-state index contributed by atoms with van der Waals surface area (Å²) in [6.45, 7) is 0.380. The SMILES string of the molecule is O=C1CCC(NCc2ccc([N+](=O)[O-])s2)C(=O)N1. The van der Waals surface area contributed by atoms with Crippen molar-refractivity contribution in [3.05, 3.63) is 27.1 Å². The van der Waals surface area contributed by atoms with Gasteiger partial charge in [-0.05, 0) is 12.5 Å². The van der Waals surface area contributed by atoms with Crippen LogP contribution < -0.4 is 10.6 Å². The molecule has 0 spiro atoms. The lowest BCUT2D eigenvalue weighted by Gasteiger charge is -2.21. The third-order valence-electron chi connectivity index (χ3n) is 2.59. The number of amides is 2. The van der Waals surface area contributed by atoms with Crippen LogP contribution in [0.25, 0.3) is 0 Å². The Bertz CT molecular complexity index is 499. The minimum atomic E-state index is -0.444. The molecule has 7 nitrogen and oxygen atoms in total. The molecule has 1 aromatic heterocycles.